The van der Waals surface area contributed by atoms with Gasteiger partial charge in [-0.2, -0.15) is 0 Å². The van der Waals surface area contributed by atoms with Gasteiger partial charge in [0, 0.05) is 13.0 Å². The van der Waals surface area contributed by atoms with Crippen LogP contribution in [-0.4, -0.2) is 11.7 Å². The van der Waals surface area contributed by atoms with Gasteiger partial charge in [-0.1, -0.05) is 6.07 Å². The van der Waals surface area contributed by atoms with Crippen LogP contribution in [0.25, 0.3) is 6.08 Å². The number of nitro groups is 1. The van der Waals surface area contributed by atoms with Crippen LogP contribution in [0.5, 0.6) is 11.5 Å². The summed E-state index contributed by atoms with van der Waals surface area (Å²) in [6, 6.07) is 4.60. The molecule has 0 radical (unpaired) electrons. The highest BCUT2D eigenvalue weighted by Crippen LogP contribution is 2.32. The Labute approximate surface area is 88.9 Å². The first-order valence-corrected chi connectivity index (χ1v) is 4.22. The highest BCUT2D eigenvalue weighted by Gasteiger charge is 2.13. The lowest BCUT2D eigenvalue weighted by Gasteiger charge is -1.97. The van der Waals surface area contributed by atoms with Crippen LogP contribution in [0.2, 0.25) is 0 Å². The van der Waals surface area contributed by atoms with E-state index in [9.17, 15) is 10.1 Å². The van der Waals surface area contributed by atoms with Gasteiger partial charge in [0.1, 0.15) is 2.74 Å². The third-order valence-electron chi connectivity index (χ3n) is 1.93. The molecule has 1 aromatic rings. The zero-order chi connectivity index (χ0) is 12.6. The van der Waals surface area contributed by atoms with Crippen molar-refractivity contribution in [1.82, 2.24) is 0 Å². The summed E-state index contributed by atoms with van der Waals surface area (Å²) in [5.41, 5.74) is 0.547. The molecule has 1 aromatic carbocycles. The minimum atomic E-state index is -2.18. The Balaban J connectivity index is 2.31. The summed E-state index contributed by atoms with van der Waals surface area (Å²) in [5.74, 6) is 0.519. The Morgan fingerprint density at radius 1 is 1.60 bits per heavy atom. The van der Waals surface area contributed by atoms with Crippen molar-refractivity contribution >= 4 is 6.08 Å². The van der Waals surface area contributed by atoms with Crippen LogP contribution in [0.15, 0.2) is 23.9 Å². The second-order valence-electron chi connectivity index (χ2n) is 3.04. The zero-order valence-electron chi connectivity index (χ0n) is 9.89. The first-order chi connectivity index (χ1) is 7.87. The monoisotopic (exact) mass is 209 g/mol. The highest BCUT2D eigenvalue weighted by molar-refractivity contribution is 5.57. The fraction of sp³-hybridized carbons (Fsp3) is 0.200. The van der Waals surface area contributed by atoms with E-state index in [-0.39, 0.29) is 17.2 Å². The minimum Gasteiger partial charge on any atom is -0.454 e. The summed E-state index contributed by atoms with van der Waals surface area (Å²) in [4.78, 5) is 9.97. The standard InChI is InChI=1S/C10H9NO4/c1-7(11(12)13)4-8-2-3-9-10(5-8)15-6-14-9/h2-5H,6H2,1H3/i6D2. The first-order valence-electron chi connectivity index (χ1n) is 5.22. The van der Waals surface area contributed by atoms with Gasteiger partial charge in [0.15, 0.2) is 11.5 Å². The summed E-state index contributed by atoms with van der Waals surface area (Å²) < 4.78 is 24.2. The van der Waals surface area contributed by atoms with Gasteiger partial charge in [-0.3, -0.25) is 10.1 Å². The fourth-order valence-corrected chi connectivity index (χ4v) is 1.18. The van der Waals surface area contributed by atoms with Crippen molar-refractivity contribution in [2.75, 3.05) is 6.75 Å². The van der Waals surface area contributed by atoms with Gasteiger partial charge in [-0.15, -0.1) is 0 Å². The molecule has 0 saturated carbocycles. The molecular formula is C10H9NO4. The van der Waals surface area contributed by atoms with E-state index in [1.54, 1.807) is 6.07 Å². The Kier molecular flexibility index (Phi) is 1.75. The maximum absolute atomic E-state index is 10.5. The third-order valence-corrected chi connectivity index (χ3v) is 1.93. The van der Waals surface area contributed by atoms with E-state index >= 15 is 0 Å². The molecule has 1 aliphatic heterocycles. The average Bonchev–Trinajstić information content (AvgIpc) is 2.50. The average molecular weight is 209 g/mol. The molecule has 0 atom stereocenters. The van der Waals surface area contributed by atoms with Crippen LogP contribution in [0.1, 0.15) is 15.2 Å². The first kappa shape index (κ1) is 7.28. The minimum absolute atomic E-state index is 0.00752. The normalized spacial score (nSPS) is 19.4. The topological polar surface area (TPSA) is 61.6 Å². The molecule has 2 rings (SSSR count). The number of nitrogens with zero attached hydrogens (tertiary/aromatic N) is 1. The lowest BCUT2D eigenvalue weighted by Crippen LogP contribution is -1.93. The van der Waals surface area contributed by atoms with E-state index in [1.807, 2.05) is 0 Å². The predicted octanol–water partition coefficient (Wildman–Crippen LogP) is 2.05. The lowest BCUT2D eigenvalue weighted by molar-refractivity contribution is -0.422. The van der Waals surface area contributed by atoms with Crippen LogP contribution < -0.4 is 9.47 Å². The second kappa shape index (κ2) is 3.61. The third kappa shape index (κ3) is 1.90. The van der Waals surface area contributed by atoms with Crippen molar-refractivity contribution in [1.29, 1.82) is 0 Å². The number of rotatable bonds is 2. The molecule has 0 spiro atoms. The molecule has 0 saturated heterocycles. The summed E-state index contributed by atoms with van der Waals surface area (Å²) >= 11 is 0. The Morgan fingerprint density at radius 2 is 2.33 bits per heavy atom. The van der Waals surface area contributed by atoms with Crippen LogP contribution >= 0.6 is 0 Å². The van der Waals surface area contributed by atoms with Gasteiger partial charge >= 0.3 is 0 Å². The van der Waals surface area contributed by atoms with Crippen molar-refractivity contribution in [3.63, 3.8) is 0 Å². The van der Waals surface area contributed by atoms with Gasteiger partial charge in [-0.25, -0.2) is 0 Å². The van der Waals surface area contributed by atoms with E-state index in [4.69, 9.17) is 12.2 Å². The van der Waals surface area contributed by atoms with Gasteiger partial charge in [0.2, 0.25) is 12.4 Å². The molecule has 5 nitrogen and oxygen atoms in total. The summed E-state index contributed by atoms with van der Waals surface area (Å²) in [7, 11) is 0. The number of fused-ring (bicyclic) bond motifs is 1. The summed E-state index contributed by atoms with van der Waals surface area (Å²) in [5, 5.41) is 10.5. The van der Waals surface area contributed by atoms with Gasteiger partial charge < -0.3 is 9.47 Å². The molecule has 0 aromatic heterocycles. The van der Waals surface area contributed by atoms with Crippen molar-refractivity contribution < 1.29 is 17.1 Å². The van der Waals surface area contributed by atoms with E-state index in [0.29, 0.717) is 5.56 Å². The molecule has 0 N–H and O–H groups in total. The van der Waals surface area contributed by atoms with Crippen molar-refractivity contribution in [3.05, 3.63) is 39.6 Å². The smallest absolute Gasteiger partial charge is 0.243 e. The van der Waals surface area contributed by atoms with Crippen LogP contribution in [0.3, 0.4) is 0 Å². The summed E-state index contributed by atoms with van der Waals surface area (Å²) in [6.07, 6.45) is 1.37. The molecule has 0 amide bonds. The predicted molar refractivity (Wildman–Crippen MR) is 53.2 cm³/mol. The summed E-state index contributed by atoms with van der Waals surface area (Å²) in [6.45, 7) is -0.799. The van der Waals surface area contributed by atoms with E-state index in [2.05, 4.69) is 0 Å². The lowest BCUT2D eigenvalue weighted by atomic mass is 10.2. The van der Waals surface area contributed by atoms with Crippen LogP contribution in [-0.2, 0) is 0 Å². The van der Waals surface area contributed by atoms with Crippen LogP contribution in [0.4, 0.5) is 0 Å². The number of ether oxygens (including phenoxy) is 2. The molecule has 5 heteroatoms. The SMILES string of the molecule is [2H]C1([2H])Oc2ccc(C=C(C)[N+](=O)[O-])cc2O1. The molecule has 0 fully saturated rings. The van der Waals surface area contributed by atoms with Crippen molar-refractivity contribution in [2.24, 2.45) is 0 Å². The fourth-order valence-electron chi connectivity index (χ4n) is 1.18. The van der Waals surface area contributed by atoms with Crippen LogP contribution in [0, 0.1) is 10.1 Å². The zero-order valence-corrected chi connectivity index (χ0v) is 7.89. The maximum atomic E-state index is 10.5. The second-order valence-corrected chi connectivity index (χ2v) is 3.04. The quantitative estimate of drug-likeness (QED) is 0.552. The van der Waals surface area contributed by atoms with Gasteiger partial charge in [0.05, 0.1) is 4.92 Å². The van der Waals surface area contributed by atoms with E-state index in [1.165, 1.54) is 25.1 Å². The molecule has 0 unspecified atom stereocenters. The Hall–Kier alpha value is -2.04. The number of benzene rings is 1. The maximum Gasteiger partial charge on any atom is 0.243 e. The van der Waals surface area contributed by atoms with Gasteiger partial charge in [-0.05, 0) is 17.7 Å². The van der Waals surface area contributed by atoms with Crippen molar-refractivity contribution in [2.45, 2.75) is 6.92 Å². The molecule has 1 heterocycles. The van der Waals surface area contributed by atoms with Crippen molar-refractivity contribution in [3.8, 4) is 11.5 Å². The molecule has 78 valence electrons. The molecular weight excluding hydrogens is 198 g/mol. The number of hydrogen-bond donors (Lipinski definition) is 0. The Morgan fingerprint density at radius 3 is 3.07 bits per heavy atom. The largest absolute Gasteiger partial charge is 0.454 e. The molecule has 1 aliphatic rings. The highest BCUT2D eigenvalue weighted by atomic mass is 16.7. The van der Waals surface area contributed by atoms with E-state index < -0.39 is 11.7 Å². The van der Waals surface area contributed by atoms with E-state index in [0.717, 1.165) is 0 Å². The van der Waals surface area contributed by atoms with Gasteiger partial charge in [0.25, 0.3) is 0 Å². The number of hydrogen-bond acceptors (Lipinski definition) is 4. The molecule has 15 heavy (non-hydrogen) atoms. The molecule has 0 aliphatic carbocycles. The number of allylic oxidation sites excluding steroid dienone is 1. The Bertz CT molecular complexity index is 513. The molecule has 0 bridgehead atoms.